The predicted octanol–water partition coefficient (Wildman–Crippen LogP) is 3.94. The summed E-state index contributed by atoms with van der Waals surface area (Å²) in [4.78, 5) is 25.3. The van der Waals surface area contributed by atoms with Crippen LogP contribution in [0.4, 0.5) is 5.69 Å². The molecular weight excluding hydrogens is 382 g/mol. The van der Waals surface area contributed by atoms with E-state index in [-0.39, 0.29) is 0 Å². The van der Waals surface area contributed by atoms with Gasteiger partial charge < -0.3 is 14.8 Å². The van der Waals surface area contributed by atoms with Gasteiger partial charge in [-0.05, 0) is 62.2 Å². The normalized spacial score (nSPS) is 14.1. The van der Waals surface area contributed by atoms with Crippen LogP contribution >= 0.6 is 0 Å². The Kier molecular flexibility index (Phi) is 5.52. The van der Waals surface area contributed by atoms with Crippen LogP contribution in [0.2, 0.25) is 0 Å². The molecule has 2 aromatic carbocycles. The number of nitrogens with one attached hydrogen (secondary N) is 1. The van der Waals surface area contributed by atoms with E-state index in [4.69, 9.17) is 9.47 Å². The van der Waals surface area contributed by atoms with Crippen molar-refractivity contribution in [1.29, 1.82) is 0 Å². The number of hydrogen-bond acceptors (Lipinski definition) is 5. The molecule has 1 aliphatic carbocycles. The Bertz CT molecular complexity index is 1040. The maximum Gasteiger partial charge on any atom is 0.357 e. The second kappa shape index (κ2) is 8.41. The molecule has 1 aliphatic rings. The number of carbonyl (C=O) groups is 2. The third-order valence-corrected chi connectivity index (χ3v) is 4.94. The molecule has 0 spiro atoms. The molecule has 7 nitrogen and oxygen atoms in total. The summed E-state index contributed by atoms with van der Waals surface area (Å²) in [5.41, 5.74) is 2.55. The number of nitrogens with zero attached hydrogens (tertiary/aromatic N) is 2. The number of ether oxygens (including phenoxy) is 2. The SMILES string of the molecule is COc1ccc(NC(=O)[C@H](C)OC(=O)c2cc(C3CC3)nn2-c2ccccc2)cc1. The van der Waals surface area contributed by atoms with Crippen LogP contribution in [0, 0.1) is 0 Å². The molecule has 154 valence electrons. The fraction of sp³-hybridized carbons (Fsp3) is 0.261. The van der Waals surface area contributed by atoms with Crippen LogP contribution in [-0.4, -0.2) is 34.9 Å². The molecule has 1 heterocycles. The summed E-state index contributed by atoms with van der Waals surface area (Å²) in [6, 6.07) is 18.1. The lowest BCUT2D eigenvalue weighted by Gasteiger charge is -2.14. The van der Waals surface area contributed by atoms with Gasteiger partial charge >= 0.3 is 5.97 Å². The van der Waals surface area contributed by atoms with Crippen molar-refractivity contribution >= 4 is 17.6 Å². The standard InChI is InChI=1S/C23H23N3O4/c1-15(22(27)24-17-10-12-19(29-2)13-11-17)30-23(28)21-14-20(16-8-9-16)25-26(21)18-6-4-3-5-7-18/h3-7,10-16H,8-9H2,1-2H3,(H,24,27)/t15-/m0/s1. The Morgan fingerprint density at radius 1 is 1.10 bits per heavy atom. The molecule has 30 heavy (non-hydrogen) atoms. The van der Waals surface area contributed by atoms with E-state index in [1.807, 2.05) is 30.3 Å². The topological polar surface area (TPSA) is 82.4 Å². The number of amides is 1. The van der Waals surface area contributed by atoms with Crippen LogP contribution in [0.1, 0.15) is 41.9 Å². The first-order valence-corrected chi connectivity index (χ1v) is 9.86. The van der Waals surface area contributed by atoms with Crippen molar-refractivity contribution in [3.8, 4) is 11.4 Å². The van der Waals surface area contributed by atoms with E-state index in [2.05, 4.69) is 10.4 Å². The number of aromatic nitrogens is 2. The van der Waals surface area contributed by atoms with Gasteiger partial charge in [0, 0.05) is 11.6 Å². The highest BCUT2D eigenvalue weighted by atomic mass is 16.5. The van der Waals surface area contributed by atoms with E-state index in [1.165, 1.54) is 0 Å². The van der Waals surface area contributed by atoms with Gasteiger partial charge in [0.15, 0.2) is 11.8 Å². The number of para-hydroxylation sites is 1. The van der Waals surface area contributed by atoms with Gasteiger partial charge in [0.25, 0.3) is 5.91 Å². The first-order chi connectivity index (χ1) is 14.5. The lowest BCUT2D eigenvalue weighted by atomic mass is 10.2. The highest BCUT2D eigenvalue weighted by Crippen LogP contribution is 2.39. The fourth-order valence-electron chi connectivity index (χ4n) is 3.08. The summed E-state index contributed by atoms with van der Waals surface area (Å²) in [5, 5.41) is 7.34. The van der Waals surface area contributed by atoms with Gasteiger partial charge in [0.1, 0.15) is 5.75 Å². The lowest BCUT2D eigenvalue weighted by molar-refractivity contribution is -0.123. The maximum absolute atomic E-state index is 12.9. The number of rotatable bonds is 7. The maximum atomic E-state index is 12.9. The van der Waals surface area contributed by atoms with Gasteiger partial charge in [-0.2, -0.15) is 5.10 Å². The van der Waals surface area contributed by atoms with E-state index in [1.54, 1.807) is 49.0 Å². The number of benzene rings is 2. The molecule has 1 atom stereocenters. The molecule has 3 aromatic rings. The Labute approximate surface area is 174 Å². The van der Waals surface area contributed by atoms with Crippen LogP contribution < -0.4 is 10.1 Å². The largest absolute Gasteiger partial charge is 0.497 e. The van der Waals surface area contributed by atoms with Gasteiger partial charge in [0.2, 0.25) is 0 Å². The Morgan fingerprint density at radius 3 is 2.43 bits per heavy atom. The van der Waals surface area contributed by atoms with Crippen molar-refractivity contribution in [1.82, 2.24) is 9.78 Å². The minimum atomic E-state index is -0.969. The van der Waals surface area contributed by atoms with Crippen LogP contribution in [0.5, 0.6) is 5.75 Å². The Balaban J connectivity index is 1.48. The van der Waals surface area contributed by atoms with Crippen molar-refractivity contribution in [3.05, 3.63) is 72.1 Å². The van der Waals surface area contributed by atoms with Crippen molar-refractivity contribution in [2.24, 2.45) is 0 Å². The number of esters is 1. The van der Waals surface area contributed by atoms with E-state index < -0.39 is 18.0 Å². The summed E-state index contributed by atoms with van der Waals surface area (Å²) < 4.78 is 12.1. The second-order valence-electron chi connectivity index (χ2n) is 7.24. The van der Waals surface area contributed by atoms with E-state index in [9.17, 15) is 9.59 Å². The quantitative estimate of drug-likeness (QED) is 0.602. The molecule has 0 saturated heterocycles. The molecule has 1 aromatic heterocycles. The average molecular weight is 405 g/mol. The highest BCUT2D eigenvalue weighted by molar-refractivity contribution is 5.97. The molecule has 1 saturated carbocycles. The summed E-state index contributed by atoms with van der Waals surface area (Å²) in [6.45, 7) is 1.54. The molecular formula is C23H23N3O4. The number of methoxy groups -OCH3 is 1. The zero-order valence-corrected chi connectivity index (χ0v) is 16.9. The number of anilines is 1. The van der Waals surface area contributed by atoms with Crippen LogP contribution in [0.3, 0.4) is 0 Å². The smallest absolute Gasteiger partial charge is 0.357 e. The molecule has 0 aliphatic heterocycles. The highest BCUT2D eigenvalue weighted by Gasteiger charge is 2.30. The molecule has 0 radical (unpaired) electrons. The van der Waals surface area contributed by atoms with Crippen LogP contribution in [0.15, 0.2) is 60.7 Å². The van der Waals surface area contributed by atoms with Crippen molar-refractivity contribution in [2.45, 2.75) is 31.8 Å². The van der Waals surface area contributed by atoms with Crippen molar-refractivity contribution in [2.75, 3.05) is 12.4 Å². The first-order valence-electron chi connectivity index (χ1n) is 9.86. The molecule has 1 N–H and O–H groups in total. The first kappa shape index (κ1) is 19.7. The van der Waals surface area contributed by atoms with Gasteiger partial charge in [-0.3, -0.25) is 4.79 Å². The summed E-state index contributed by atoms with van der Waals surface area (Å²) in [6.07, 6.45) is 1.17. The summed E-state index contributed by atoms with van der Waals surface area (Å²) in [7, 11) is 1.57. The van der Waals surface area contributed by atoms with Crippen LogP contribution in [-0.2, 0) is 9.53 Å². The average Bonchev–Trinajstić information content (AvgIpc) is 3.52. The summed E-state index contributed by atoms with van der Waals surface area (Å²) in [5.74, 6) is 0.0720. The molecule has 1 fully saturated rings. The van der Waals surface area contributed by atoms with E-state index in [0.29, 0.717) is 23.0 Å². The Morgan fingerprint density at radius 2 is 1.80 bits per heavy atom. The molecule has 7 heteroatoms. The van der Waals surface area contributed by atoms with Gasteiger partial charge in [-0.1, -0.05) is 18.2 Å². The van der Waals surface area contributed by atoms with Gasteiger partial charge in [-0.15, -0.1) is 0 Å². The molecule has 0 bridgehead atoms. The second-order valence-corrected chi connectivity index (χ2v) is 7.24. The molecule has 1 amide bonds. The molecule has 0 unspecified atom stereocenters. The Hall–Kier alpha value is -3.61. The van der Waals surface area contributed by atoms with Gasteiger partial charge in [-0.25, -0.2) is 9.48 Å². The third-order valence-electron chi connectivity index (χ3n) is 4.94. The van der Waals surface area contributed by atoms with Crippen LogP contribution in [0.25, 0.3) is 5.69 Å². The van der Waals surface area contributed by atoms with E-state index >= 15 is 0 Å². The number of hydrogen-bond donors (Lipinski definition) is 1. The number of carbonyl (C=O) groups excluding carboxylic acids is 2. The van der Waals surface area contributed by atoms with Crippen molar-refractivity contribution < 1.29 is 19.1 Å². The minimum Gasteiger partial charge on any atom is -0.497 e. The third kappa shape index (κ3) is 4.35. The fourth-order valence-corrected chi connectivity index (χ4v) is 3.08. The zero-order chi connectivity index (χ0) is 21.1. The van der Waals surface area contributed by atoms with Gasteiger partial charge in [0.05, 0.1) is 18.5 Å². The van der Waals surface area contributed by atoms with E-state index in [0.717, 1.165) is 24.2 Å². The summed E-state index contributed by atoms with van der Waals surface area (Å²) >= 11 is 0. The minimum absolute atomic E-state index is 0.312. The van der Waals surface area contributed by atoms with Crippen molar-refractivity contribution in [3.63, 3.8) is 0 Å². The monoisotopic (exact) mass is 405 g/mol. The lowest BCUT2D eigenvalue weighted by Crippen LogP contribution is -2.30. The predicted molar refractivity (Wildman–Crippen MR) is 112 cm³/mol. The zero-order valence-electron chi connectivity index (χ0n) is 16.9. The molecule has 4 rings (SSSR count).